The minimum atomic E-state index is 0.627. The van der Waals surface area contributed by atoms with E-state index in [0.717, 1.165) is 21.7 Å². The first-order valence-electron chi connectivity index (χ1n) is 6.45. The molecule has 8 heteroatoms. The quantitative estimate of drug-likeness (QED) is 0.577. The topological polar surface area (TPSA) is 59.7 Å². The van der Waals surface area contributed by atoms with Crippen molar-refractivity contribution < 1.29 is 0 Å². The molecule has 1 aliphatic carbocycles. The van der Waals surface area contributed by atoms with Crippen LogP contribution in [0.3, 0.4) is 0 Å². The highest BCUT2D eigenvalue weighted by molar-refractivity contribution is 7.98. The maximum absolute atomic E-state index is 4.67. The van der Waals surface area contributed by atoms with Crippen LogP contribution >= 0.6 is 23.1 Å². The van der Waals surface area contributed by atoms with E-state index in [9.17, 15) is 0 Å². The van der Waals surface area contributed by atoms with E-state index in [1.807, 2.05) is 0 Å². The predicted molar refractivity (Wildman–Crippen MR) is 81.1 cm³/mol. The summed E-state index contributed by atoms with van der Waals surface area (Å²) in [5, 5.41) is 15.6. The fraction of sp³-hybridized carbons (Fsp3) is 0.500. The molecule has 6 nitrogen and oxygen atoms in total. The van der Waals surface area contributed by atoms with Gasteiger partial charge in [-0.15, -0.1) is 23.0 Å². The van der Waals surface area contributed by atoms with E-state index >= 15 is 0 Å². The fourth-order valence-electron chi connectivity index (χ4n) is 1.82. The van der Waals surface area contributed by atoms with Gasteiger partial charge in [0.1, 0.15) is 0 Å². The predicted octanol–water partition coefficient (Wildman–Crippen LogP) is 2.21. The smallest absolute Gasteiger partial charge is 0.209 e. The van der Waals surface area contributed by atoms with Gasteiger partial charge in [0.2, 0.25) is 5.16 Å². The standard InChI is InChI=1S/C12H16N6S2/c1-3-6-18-12(14-15-16-18)20-8-9-7-19-11(13-9)17(2)10-4-5-10/h3,7,10H,1,4-6,8H2,2H3. The van der Waals surface area contributed by atoms with Gasteiger partial charge in [0.25, 0.3) is 0 Å². The second-order valence-electron chi connectivity index (χ2n) is 4.68. The lowest BCUT2D eigenvalue weighted by Gasteiger charge is -2.13. The van der Waals surface area contributed by atoms with E-state index in [1.165, 1.54) is 12.8 Å². The van der Waals surface area contributed by atoms with Gasteiger partial charge in [-0.1, -0.05) is 17.8 Å². The van der Waals surface area contributed by atoms with Crippen LogP contribution in [0, 0.1) is 0 Å². The zero-order valence-electron chi connectivity index (χ0n) is 11.3. The molecule has 0 saturated heterocycles. The van der Waals surface area contributed by atoms with Crippen molar-refractivity contribution in [2.45, 2.75) is 36.3 Å². The maximum Gasteiger partial charge on any atom is 0.209 e. The molecule has 0 spiro atoms. The Kier molecular flexibility index (Phi) is 4.02. The lowest BCUT2D eigenvalue weighted by molar-refractivity contribution is 0.614. The first-order valence-corrected chi connectivity index (χ1v) is 8.31. The van der Waals surface area contributed by atoms with Gasteiger partial charge < -0.3 is 4.90 Å². The van der Waals surface area contributed by atoms with Crippen LogP contribution in [0.1, 0.15) is 18.5 Å². The van der Waals surface area contributed by atoms with Crippen LogP contribution in [0.15, 0.2) is 23.2 Å². The van der Waals surface area contributed by atoms with E-state index in [2.05, 4.69) is 44.4 Å². The van der Waals surface area contributed by atoms with E-state index < -0.39 is 0 Å². The summed E-state index contributed by atoms with van der Waals surface area (Å²) in [6.45, 7) is 4.33. The molecule has 1 saturated carbocycles. The molecule has 3 rings (SSSR count). The number of hydrogen-bond acceptors (Lipinski definition) is 7. The molecule has 20 heavy (non-hydrogen) atoms. The Balaban J connectivity index is 1.60. The van der Waals surface area contributed by atoms with Crippen molar-refractivity contribution in [2.75, 3.05) is 11.9 Å². The van der Waals surface area contributed by atoms with Crippen molar-refractivity contribution in [1.29, 1.82) is 0 Å². The highest BCUT2D eigenvalue weighted by Gasteiger charge is 2.27. The number of tetrazole rings is 1. The van der Waals surface area contributed by atoms with Gasteiger partial charge in [0.15, 0.2) is 5.13 Å². The van der Waals surface area contributed by atoms with Gasteiger partial charge >= 0.3 is 0 Å². The van der Waals surface area contributed by atoms with Crippen molar-refractivity contribution in [3.05, 3.63) is 23.7 Å². The minimum absolute atomic E-state index is 0.627. The number of hydrogen-bond donors (Lipinski definition) is 0. The van der Waals surface area contributed by atoms with E-state index in [-0.39, 0.29) is 0 Å². The third-order valence-electron chi connectivity index (χ3n) is 3.09. The average Bonchev–Trinajstić information content (AvgIpc) is 3.03. The normalized spacial score (nSPS) is 14.4. The summed E-state index contributed by atoms with van der Waals surface area (Å²) in [6.07, 6.45) is 4.36. The van der Waals surface area contributed by atoms with Crippen molar-refractivity contribution in [2.24, 2.45) is 0 Å². The summed E-state index contributed by atoms with van der Waals surface area (Å²) in [6, 6.07) is 0.696. The summed E-state index contributed by atoms with van der Waals surface area (Å²) in [5.74, 6) is 0.784. The number of aromatic nitrogens is 5. The third-order valence-corrected chi connectivity index (χ3v) is 5.06. The van der Waals surface area contributed by atoms with Crippen molar-refractivity contribution in [3.8, 4) is 0 Å². The lowest BCUT2D eigenvalue weighted by atomic mass is 10.6. The van der Waals surface area contributed by atoms with Crippen LogP contribution in [-0.2, 0) is 12.3 Å². The molecule has 2 aromatic rings. The Morgan fingerprint density at radius 3 is 3.20 bits per heavy atom. The SMILES string of the molecule is C=CCn1nnnc1SCc1csc(N(C)C2CC2)n1. The van der Waals surface area contributed by atoms with Crippen LogP contribution in [0.4, 0.5) is 5.13 Å². The number of thiazole rings is 1. The summed E-state index contributed by atoms with van der Waals surface area (Å²) in [7, 11) is 2.12. The average molecular weight is 308 g/mol. The summed E-state index contributed by atoms with van der Waals surface area (Å²) >= 11 is 3.31. The molecule has 0 bridgehead atoms. The number of allylic oxidation sites excluding steroid dienone is 1. The zero-order chi connectivity index (χ0) is 13.9. The Labute approximate surface area is 125 Å². The summed E-state index contributed by atoms with van der Waals surface area (Å²) in [5.41, 5.74) is 1.08. The fourth-order valence-corrected chi connectivity index (χ4v) is 3.57. The second kappa shape index (κ2) is 5.92. The molecule has 1 aliphatic rings. The molecule has 0 aromatic carbocycles. The first kappa shape index (κ1) is 13.6. The van der Waals surface area contributed by atoms with Crippen molar-refractivity contribution in [3.63, 3.8) is 0 Å². The molecule has 0 atom stereocenters. The van der Waals surface area contributed by atoms with Gasteiger partial charge in [-0.3, -0.25) is 0 Å². The van der Waals surface area contributed by atoms with E-state index in [0.29, 0.717) is 12.6 Å². The molecule has 2 aromatic heterocycles. The van der Waals surface area contributed by atoms with E-state index in [4.69, 9.17) is 0 Å². The molecule has 1 fully saturated rings. The molecule has 0 N–H and O–H groups in total. The third kappa shape index (κ3) is 3.01. The Bertz CT molecular complexity index is 588. The van der Waals surface area contributed by atoms with Crippen molar-refractivity contribution in [1.82, 2.24) is 25.2 Å². The Hall–Kier alpha value is -1.41. The van der Waals surface area contributed by atoms with Crippen LogP contribution < -0.4 is 4.90 Å². The maximum atomic E-state index is 4.67. The van der Waals surface area contributed by atoms with Crippen LogP contribution in [0.25, 0.3) is 0 Å². The highest BCUT2D eigenvalue weighted by atomic mass is 32.2. The Morgan fingerprint density at radius 1 is 1.60 bits per heavy atom. The van der Waals surface area contributed by atoms with Gasteiger partial charge in [-0.2, -0.15) is 0 Å². The van der Waals surface area contributed by atoms with Gasteiger partial charge in [0.05, 0.1) is 12.2 Å². The minimum Gasteiger partial charge on any atom is -0.348 e. The second-order valence-corrected chi connectivity index (χ2v) is 6.46. The molecule has 0 amide bonds. The zero-order valence-corrected chi connectivity index (χ0v) is 12.9. The molecule has 106 valence electrons. The molecular weight excluding hydrogens is 292 g/mol. The Morgan fingerprint density at radius 2 is 2.45 bits per heavy atom. The van der Waals surface area contributed by atoms with Crippen LogP contribution in [0.2, 0.25) is 0 Å². The first-order chi connectivity index (χ1) is 9.78. The molecule has 2 heterocycles. The van der Waals surface area contributed by atoms with Gasteiger partial charge in [0, 0.05) is 24.2 Å². The van der Waals surface area contributed by atoms with E-state index in [1.54, 1.807) is 33.9 Å². The van der Waals surface area contributed by atoms with Crippen LogP contribution in [0.5, 0.6) is 0 Å². The van der Waals surface area contributed by atoms with Gasteiger partial charge in [-0.05, 0) is 23.3 Å². The molecule has 0 aliphatic heterocycles. The monoisotopic (exact) mass is 308 g/mol. The summed E-state index contributed by atoms with van der Waals surface area (Å²) < 4.78 is 1.74. The number of rotatable bonds is 7. The molecular formula is C12H16N6S2. The van der Waals surface area contributed by atoms with Crippen LogP contribution in [-0.4, -0.2) is 38.3 Å². The number of anilines is 1. The molecule has 0 radical (unpaired) electrons. The lowest BCUT2D eigenvalue weighted by Crippen LogP contribution is -2.18. The van der Waals surface area contributed by atoms with Crippen molar-refractivity contribution >= 4 is 28.2 Å². The molecule has 0 unspecified atom stereocenters. The summed E-state index contributed by atoms with van der Waals surface area (Å²) in [4.78, 5) is 6.95. The number of nitrogens with zero attached hydrogens (tertiary/aromatic N) is 6. The number of thioether (sulfide) groups is 1. The largest absolute Gasteiger partial charge is 0.348 e. The van der Waals surface area contributed by atoms with Gasteiger partial charge in [-0.25, -0.2) is 9.67 Å². The highest BCUT2D eigenvalue weighted by Crippen LogP contribution is 2.32.